The van der Waals surface area contributed by atoms with Crippen molar-refractivity contribution < 1.29 is 8.42 Å². The second kappa shape index (κ2) is 6.76. The smallest absolute Gasteiger partial charge is 0.179 e. The van der Waals surface area contributed by atoms with Crippen LogP contribution in [0.1, 0.15) is 6.92 Å². The number of thioether (sulfide) groups is 1. The summed E-state index contributed by atoms with van der Waals surface area (Å²) in [5.74, 6) is 0.592. The maximum absolute atomic E-state index is 12.3. The maximum atomic E-state index is 12.3. The zero-order chi connectivity index (χ0) is 16.3. The first-order valence-electron chi connectivity index (χ1n) is 7.47. The van der Waals surface area contributed by atoms with Crippen LogP contribution in [0.25, 0.3) is 11.0 Å². The monoisotopic (exact) mass is 346 g/mol. The number of hydrogen-bond acceptors (Lipinski definition) is 4. The molecule has 2 aromatic carbocycles. The van der Waals surface area contributed by atoms with Crippen molar-refractivity contribution in [1.29, 1.82) is 0 Å². The molecule has 1 aromatic heterocycles. The van der Waals surface area contributed by atoms with Crippen LogP contribution in [0.15, 0.2) is 64.6 Å². The van der Waals surface area contributed by atoms with Gasteiger partial charge in [0.15, 0.2) is 15.0 Å². The molecule has 0 N–H and O–H groups in total. The molecule has 120 valence electrons. The molecule has 1 heterocycles. The summed E-state index contributed by atoms with van der Waals surface area (Å²) < 4.78 is 26.7. The third-order valence-corrected chi connectivity index (χ3v) is 6.59. The molecular formula is C17H18N2O2S2. The Morgan fingerprint density at radius 1 is 1.04 bits per heavy atom. The van der Waals surface area contributed by atoms with Gasteiger partial charge in [-0.3, -0.25) is 0 Å². The second-order valence-electron chi connectivity index (χ2n) is 5.11. The summed E-state index contributed by atoms with van der Waals surface area (Å²) in [7, 11) is -3.24. The first-order chi connectivity index (χ1) is 11.1. The molecule has 0 fully saturated rings. The molecule has 0 aliphatic heterocycles. The van der Waals surface area contributed by atoms with E-state index in [2.05, 4.69) is 16.5 Å². The summed E-state index contributed by atoms with van der Waals surface area (Å²) in [5.41, 5.74) is 2.03. The minimum absolute atomic E-state index is 0.106. The number of fused-ring (bicyclic) bond motifs is 1. The number of para-hydroxylation sites is 2. The minimum Gasteiger partial charge on any atom is -0.319 e. The van der Waals surface area contributed by atoms with E-state index in [1.54, 1.807) is 24.3 Å². The highest BCUT2D eigenvalue weighted by Crippen LogP contribution is 2.24. The highest BCUT2D eigenvalue weighted by Gasteiger charge is 2.15. The van der Waals surface area contributed by atoms with Gasteiger partial charge in [0.2, 0.25) is 0 Å². The zero-order valence-electron chi connectivity index (χ0n) is 12.8. The molecule has 0 saturated carbocycles. The number of imidazole rings is 1. The lowest BCUT2D eigenvalue weighted by molar-refractivity contribution is 0.597. The molecule has 0 unspecified atom stereocenters. The van der Waals surface area contributed by atoms with E-state index in [4.69, 9.17) is 0 Å². The standard InChI is InChI=1S/C17H18N2O2S2/c1-2-19-16-11-7-6-10-15(16)18-17(19)22-12-13-23(20,21)14-8-4-3-5-9-14/h3-11H,2,12-13H2,1H3. The summed E-state index contributed by atoms with van der Waals surface area (Å²) >= 11 is 1.49. The molecule has 0 spiro atoms. The fraction of sp³-hybridized carbons (Fsp3) is 0.235. The SMILES string of the molecule is CCn1c(SCCS(=O)(=O)c2ccccc2)nc2ccccc21. The average Bonchev–Trinajstić information content (AvgIpc) is 2.93. The molecule has 6 heteroatoms. The van der Waals surface area contributed by atoms with E-state index in [1.165, 1.54) is 11.8 Å². The summed E-state index contributed by atoms with van der Waals surface area (Å²) in [6.07, 6.45) is 0. The van der Waals surface area contributed by atoms with Crippen molar-refractivity contribution in [2.75, 3.05) is 11.5 Å². The molecule has 0 bridgehead atoms. The maximum Gasteiger partial charge on any atom is 0.179 e. The van der Waals surface area contributed by atoms with Gasteiger partial charge in [0.25, 0.3) is 0 Å². The van der Waals surface area contributed by atoms with Crippen molar-refractivity contribution in [3.8, 4) is 0 Å². The van der Waals surface area contributed by atoms with Crippen LogP contribution in [0.5, 0.6) is 0 Å². The Hall–Kier alpha value is -1.79. The van der Waals surface area contributed by atoms with Gasteiger partial charge in [-0.15, -0.1) is 0 Å². The van der Waals surface area contributed by atoms with Crippen molar-refractivity contribution in [3.05, 3.63) is 54.6 Å². The fourth-order valence-corrected chi connectivity index (χ4v) is 5.20. The molecule has 0 saturated heterocycles. The van der Waals surface area contributed by atoms with E-state index < -0.39 is 9.84 Å². The van der Waals surface area contributed by atoms with Crippen molar-refractivity contribution >= 4 is 32.6 Å². The molecule has 0 amide bonds. The molecule has 0 radical (unpaired) electrons. The van der Waals surface area contributed by atoms with Crippen LogP contribution in [-0.4, -0.2) is 29.5 Å². The van der Waals surface area contributed by atoms with E-state index in [9.17, 15) is 8.42 Å². The summed E-state index contributed by atoms with van der Waals surface area (Å²) in [4.78, 5) is 4.99. The minimum atomic E-state index is -3.24. The van der Waals surface area contributed by atoms with Crippen molar-refractivity contribution in [1.82, 2.24) is 9.55 Å². The van der Waals surface area contributed by atoms with Gasteiger partial charge in [-0.05, 0) is 31.2 Å². The normalized spacial score (nSPS) is 11.9. The number of nitrogens with zero attached hydrogens (tertiary/aromatic N) is 2. The van der Waals surface area contributed by atoms with Gasteiger partial charge in [-0.1, -0.05) is 42.1 Å². The quantitative estimate of drug-likeness (QED) is 0.640. The Morgan fingerprint density at radius 2 is 1.74 bits per heavy atom. The Bertz CT molecular complexity index is 903. The first kappa shape index (κ1) is 16.1. The molecule has 0 aliphatic carbocycles. The Kier molecular flexibility index (Phi) is 4.73. The van der Waals surface area contributed by atoms with Gasteiger partial charge in [-0.25, -0.2) is 13.4 Å². The number of rotatable bonds is 6. The third-order valence-electron chi connectivity index (χ3n) is 3.62. The third kappa shape index (κ3) is 3.43. The summed E-state index contributed by atoms with van der Waals surface area (Å²) in [6.45, 7) is 2.88. The molecule has 3 rings (SSSR count). The van der Waals surface area contributed by atoms with Crippen molar-refractivity contribution in [2.45, 2.75) is 23.5 Å². The highest BCUT2D eigenvalue weighted by molar-refractivity contribution is 8.00. The molecule has 4 nitrogen and oxygen atoms in total. The Labute approximate surface area is 140 Å². The van der Waals surface area contributed by atoms with Gasteiger partial charge in [0.05, 0.1) is 21.7 Å². The van der Waals surface area contributed by atoms with Crippen LogP contribution < -0.4 is 0 Å². The number of aryl methyl sites for hydroxylation is 1. The Balaban J connectivity index is 1.74. The number of benzene rings is 2. The van der Waals surface area contributed by atoms with Gasteiger partial charge < -0.3 is 4.57 Å². The molecule has 0 aliphatic rings. The predicted octanol–water partition coefficient (Wildman–Crippen LogP) is 3.62. The van der Waals surface area contributed by atoms with E-state index in [0.717, 1.165) is 22.7 Å². The lowest BCUT2D eigenvalue weighted by atomic mass is 10.3. The summed E-state index contributed by atoms with van der Waals surface area (Å²) in [6, 6.07) is 16.6. The van der Waals surface area contributed by atoms with Gasteiger partial charge in [0.1, 0.15) is 0 Å². The fourth-order valence-electron chi connectivity index (χ4n) is 2.46. The zero-order valence-corrected chi connectivity index (χ0v) is 14.5. The Morgan fingerprint density at radius 3 is 2.48 bits per heavy atom. The largest absolute Gasteiger partial charge is 0.319 e. The second-order valence-corrected chi connectivity index (χ2v) is 8.28. The summed E-state index contributed by atoms with van der Waals surface area (Å²) in [5, 5.41) is 0.872. The van der Waals surface area contributed by atoms with Crippen LogP contribution in [0.4, 0.5) is 0 Å². The topological polar surface area (TPSA) is 52.0 Å². The van der Waals surface area contributed by atoms with Crippen LogP contribution in [0, 0.1) is 0 Å². The first-order valence-corrected chi connectivity index (χ1v) is 10.1. The molecule has 3 aromatic rings. The van der Waals surface area contributed by atoms with Crippen molar-refractivity contribution in [2.24, 2.45) is 0 Å². The van der Waals surface area contributed by atoms with Crippen LogP contribution in [0.2, 0.25) is 0 Å². The lowest BCUT2D eigenvalue weighted by Crippen LogP contribution is -2.09. The van der Waals surface area contributed by atoms with Gasteiger partial charge >= 0.3 is 0 Å². The van der Waals surface area contributed by atoms with Crippen LogP contribution >= 0.6 is 11.8 Å². The average molecular weight is 346 g/mol. The van der Waals surface area contributed by atoms with Crippen LogP contribution in [0.3, 0.4) is 0 Å². The van der Waals surface area contributed by atoms with E-state index in [-0.39, 0.29) is 5.75 Å². The van der Waals surface area contributed by atoms with Crippen molar-refractivity contribution in [3.63, 3.8) is 0 Å². The van der Waals surface area contributed by atoms with E-state index in [0.29, 0.717) is 10.6 Å². The van der Waals surface area contributed by atoms with Gasteiger partial charge in [-0.2, -0.15) is 0 Å². The number of hydrogen-bond donors (Lipinski definition) is 0. The number of aromatic nitrogens is 2. The van der Waals surface area contributed by atoms with E-state index >= 15 is 0 Å². The number of sulfone groups is 1. The highest BCUT2D eigenvalue weighted by atomic mass is 32.2. The molecular weight excluding hydrogens is 328 g/mol. The van der Waals surface area contributed by atoms with Crippen LogP contribution in [-0.2, 0) is 16.4 Å². The van der Waals surface area contributed by atoms with Gasteiger partial charge in [0, 0.05) is 12.3 Å². The predicted molar refractivity (Wildman–Crippen MR) is 94.6 cm³/mol. The lowest BCUT2D eigenvalue weighted by Gasteiger charge is -2.06. The van der Waals surface area contributed by atoms with E-state index in [1.807, 2.05) is 30.3 Å². The molecule has 0 atom stereocenters. The molecule has 23 heavy (non-hydrogen) atoms.